The molecule has 188 valence electrons. The summed E-state index contributed by atoms with van der Waals surface area (Å²) in [6, 6.07) is 18.7. The predicted molar refractivity (Wildman–Crippen MR) is 136 cm³/mol. The van der Waals surface area contributed by atoms with Crippen molar-refractivity contribution in [3.63, 3.8) is 0 Å². The standard InChI is InChI=1S/C30H26F2N2O3/c31-22-3-1-2-20(12-22)19-6-4-18(5-7-19)17-34-11-10-24-26(32)9-8-25(27(24)34)28(35)33-23-15-30(16-23)13-21(14-30)29(36)37/h1-12,21,23H,13-17H2,(H,33,35)(H,36,37). The van der Waals surface area contributed by atoms with Crippen LogP contribution in [0.25, 0.3) is 22.0 Å². The van der Waals surface area contributed by atoms with E-state index in [1.807, 2.05) is 34.9 Å². The zero-order chi connectivity index (χ0) is 25.7. The molecule has 2 aliphatic carbocycles. The Morgan fingerprint density at radius 1 is 0.946 bits per heavy atom. The Morgan fingerprint density at radius 2 is 1.70 bits per heavy atom. The van der Waals surface area contributed by atoms with E-state index in [0.29, 0.717) is 35.9 Å². The molecule has 37 heavy (non-hydrogen) atoms. The monoisotopic (exact) mass is 500 g/mol. The first-order valence-electron chi connectivity index (χ1n) is 12.5. The van der Waals surface area contributed by atoms with Crippen molar-refractivity contribution in [2.24, 2.45) is 11.3 Å². The fraction of sp³-hybridized carbons (Fsp3) is 0.267. The summed E-state index contributed by atoms with van der Waals surface area (Å²) in [4.78, 5) is 24.3. The maximum absolute atomic E-state index is 14.6. The molecular formula is C30H26F2N2O3. The number of carbonyl (C=O) groups is 2. The number of carbonyl (C=O) groups excluding carboxylic acids is 1. The highest BCUT2D eigenvalue weighted by molar-refractivity contribution is 6.06. The van der Waals surface area contributed by atoms with Gasteiger partial charge in [0.1, 0.15) is 11.6 Å². The summed E-state index contributed by atoms with van der Waals surface area (Å²) in [7, 11) is 0. The number of nitrogens with one attached hydrogen (secondary N) is 1. The van der Waals surface area contributed by atoms with Gasteiger partial charge in [0, 0.05) is 24.2 Å². The summed E-state index contributed by atoms with van der Waals surface area (Å²) in [5.74, 6) is -1.93. The maximum Gasteiger partial charge on any atom is 0.306 e. The molecule has 0 unspecified atom stereocenters. The van der Waals surface area contributed by atoms with E-state index in [4.69, 9.17) is 5.11 Å². The van der Waals surface area contributed by atoms with Gasteiger partial charge in [-0.25, -0.2) is 8.78 Å². The van der Waals surface area contributed by atoms with E-state index in [0.717, 1.165) is 29.5 Å². The highest BCUT2D eigenvalue weighted by Gasteiger charge is 2.55. The number of rotatable bonds is 6. The number of amides is 1. The Labute approximate surface area is 212 Å². The number of carboxylic acids is 1. The number of fused-ring (bicyclic) bond motifs is 1. The van der Waals surface area contributed by atoms with Crippen LogP contribution in [0.15, 0.2) is 72.9 Å². The van der Waals surface area contributed by atoms with Crippen LogP contribution >= 0.6 is 0 Å². The van der Waals surface area contributed by atoms with E-state index in [9.17, 15) is 18.4 Å². The molecular weight excluding hydrogens is 474 g/mol. The fourth-order valence-corrected chi connectivity index (χ4v) is 6.12. The van der Waals surface area contributed by atoms with Crippen molar-refractivity contribution in [3.05, 3.63) is 95.7 Å². The number of aliphatic carboxylic acids is 1. The van der Waals surface area contributed by atoms with Crippen molar-refractivity contribution in [1.82, 2.24) is 9.88 Å². The molecule has 1 aromatic heterocycles. The van der Waals surface area contributed by atoms with Crippen LogP contribution in [-0.2, 0) is 11.3 Å². The molecule has 2 fully saturated rings. The molecule has 6 rings (SSSR count). The van der Waals surface area contributed by atoms with Gasteiger partial charge in [0.15, 0.2) is 0 Å². The smallest absolute Gasteiger partial charge is 0.306 e. The van der Waals surface area contributed by atoms with Crippen molar-refractivity contribution < 1.29 is 23.5 Å². The fourth-order valence-electron chi connectivity index (χ4n) is 6.12. The lowest BCUT2D eigenvalue weighted by Gasteiger charge is -2.56. The summed E-state index contributed by atoms with van der Waals surface area (Å²) in [6.07, 6.45) is 4.70. The third-order valence-corrected chi connectivity index (χ3v) is 7.98. The molecule has 4 aromatic rings. The largest absolute Gasteiger partial charge is 0.481 e. The highest BCUT2D eigenvalue weighted by atomic mass is 19.1. The summed E-state index contributed by atoms with van der Waals surface area (Å²) in [5, 5.41) is 12.6. The lowest BCUT2D eigenvalue weighted by atomic mass is 9.50. The van der Waals surface area contributed by atoms with Crippen molar-refractivity contribution in [2.45, 2.75) is 38.3 Å². The van der Waals surface area contributed by atoms with Crippen LogP contribution in [0.3, 0.4) is 0 Å². The van der Waals surface area contributed by atoms with Crippen LogP contribution in [0.5, 0.6) is 0 Å². The second kappa shape index (κ2) is 8.83. The van der Waals surface area contributed by atoms with Crippen LogP contribution in [0.4, 0.5) is 8.78 Å². The Balaban J connectivity index is 1.19. The number of nitrogens with zero attached hydrogens (tertiary/aromatic N) is 1. The average molecular weight is 501 g/mol. The Bertz CT molecular complexity index is 1510. The SMILES string of the molecule is O=C(NC1CC2(C1)CC(C(=O)O)C2)c1ccc(F)c2ccn(Cc3ccc(-c4cccc(F)c4)cc3)c12. The maximum atomic E-state index is 14.6. The summed E-state index contributed by atoms with van der Waals surface area (Å²) in [5.41, 5.74) is 3.65. The molecule has 1 amide bonds. The van der Waals surface area contributed by atoms with Gasteiger partial charge < -0.3 is 15.0 Å². The van der Waals surface area contributed by atoms with E-state index in [2.05, 4.69) is 5.32 Å². The zero-order valence-electron chi connectivity index (χ0n) is 20.1. The lowest BCUT2D eigenvalue weighted by Crippen LogP contribution is -2.57. The molecule has 5 nitrogen and oxygen atoms in total. The van der Waals surface area contributed by atoms with E-state index >= 15 is 0 Å². The van der Waals surface area contributed by atoms with Gasteiger partial charge in [0.25, 0.3) is 5.91 Å². The Hall–Kier alpha value is -4.00. The van der Waals surface area contributed by atoms with E-state index < -0.39 is 5.97 Å². The van der Waals surface area contributed by atoms with Gasteiger partial charge in [-0.15, -0.1) is 0 Å². The quantitative estimate of drug-likeness (QED) is 0.341. The van der Waals surface area contributed by atoms with Crippen molar-refractivity contribution >= 4 is 22.8 Å². The lowest BCUT2D eigenvalue weighted by molar-refractivity contribution is -0.155. The summed E-state index contributed by atoms with van der Waals surface area (Å²) < 4.78 is 30.1. The van der Waals surface area contributed by atoms with Gasteiger partial charge in [0.2, 0.25) is 0 Å². The van der Waals surface area contributed by atoms with E-state index in [1.54, 1.807) is 18.3 Å². The average Bonchev–Trinajstić information content (AvgIpc) is 3.24. The molecule has 0 bridgehead atoms. The van der Waals surface area contributed by atoms with Gasteiger partial charge in [0.05, 0.1) is 17.0 Å². The molecule has 2 aliphatic rings. The molecule has 0 aliphatic heterocycles. The zero-order valence-corrected chi connectivity index (χ0v) is 20.1. The third kappa shape index (κ3) is 4.28. The number of hydrogen-bond acceptors (Lipinski definition) is 2. The van der Waals surface area contributed by atoms with E-state index in [-0.39, 0.29) is 34.9 Å². The van der Waals surface area contributed by atoms with Gasteiger partial charge in [-0.2, -0.15) is 0 Å². The molecule has 1 heterocycles. The molecule has 1 spiro atoms. The second-order valence-electron chi connectivity index (χ2n) is 10.5. The molecule has 2 N–H and O–H groups in total. The first kappa shape index (κ1) is 23.4. The second-order valence-corrected chi connectivity index (χ2v) is 10.5. The van der Waals surface area contributed by atoms with Crippen LogP contribution in [0.1, 0.15) is 41.6 Å². The minimum Gasteiger partial charge on any atom is -0.481 e. The van der Waals surface area contributed by atoms with Crippen LogP contribution in [0, 0.1) is 23.0 Å². The minimum atomic E-state index is -0.740. The normalized spacial score (nSPS) is 22.4. The summed E-state index contributed by atoms with van der Waals surface area (Å²) in [6.45, 7) is 0.444. The van der Waals surface area contributed by atoms with Gasteiger partial charge >= 0.3 is 5.97 Å². The number of hydrogen-bond donors (Lipinski definition) is 2. The first-order chi connectivity index (χ1) is 17.8. The molecule has 0 saturated heterocycles. The van der Waals surface area contributed by atoms with Gasteiger partial charge in [-0.1, -0.05) is 36.4 Å². The molecule has 0 radical (unpaired) electrons. The summed E-state index contributed by atoms with van der Waals surface area (Å²) >= 11 is 0. The number of aromatic nitrogens is 1. The van der Waals surface area contributed by atoms with Gasteiger partial charge in [-0.05, 0) is 78.1 Å². The number of halogens is 2. The Kier molecular flexibility index (Phi) is 5.59. The van der Waals surface area contributed by atoms with Crippen molar-refractivity contribution in [2.75, 3.05) is 0 Å². The van der Waals surface area contributed by atoms with Crippen molar-refractivity contribution in [3.8, 4) is 11.1 Å². The molecule has 3 aromatic carbocycles. The van der Waals surface area contributed by atoms with Crippen LogP contribution in [0.2, 0.25) is 0 Å². The van der Waals surface area contributed by atoms with Crippen LogP contribution in [-0.4, -0.2) is 27.6 Å². The topological polar surface area (TPSA) is 71.3 Å². The number of benzene rings is 3. The first-order valence-corrected chi connectivity index (χ1v) is 12.5. The predicted octanol–water partition coefficient (Wildman–Crippen LogP) is 6.01. The number of carboxylic acid groups (broad SMARTS) is 1. The van der Waals surface area contributed by atoms with E-state index in [1.165, 1.54) is 24.3 Å². The molecule has 2 saturated carbocycles. The molecule has 0 atom stereocenters. The van der Waals surface area contributed by atoms with Crippen LogP contribution < -0.4 is 5.32 Å². The highest BCUT2D eigenvalue weighted by Crippen LogP contribution is 2.58. The molecule has 7 heteroatoms. The van der Waals surface area contributed by atoms with Crippen molar-refractivity contribution in [1.29, 1.82) is 0 Å². The Morgan fingerprint density at radius 3 is 2.41 bits per heavy atom. The van der Waals surface area contributed by atoms with Gasteiger partial charge in [-0.3, -0.25) is 9.59 Å². The third-order valence-electron chi connectivity index (χ3n) is 7.98. The minimum absolute atomic E-state index is 0.00104.